The maximum absolute atomic E-state index is 11.4. The number of carbonyl (C=O) groups excluding carboxylic acids is 1. The van der Waals surface area contributed by atoms with Gasteiger partial charge in [0.15, 0.2) is 12.4 Å². The van der Waals surface area contributed by atoms with E-state index >= 15 is 0 Å². The maximum atomic E-state index is 11.4. The highest BCUT2D eigenvalue weighted by molar-refractivity contribution is 5.66. The third kappa shape index (κ3) is 5.17. The molecule has 7 nitrogen and oxygen atoms in total. The fourth-order valence-electron chi connectivity index (χ4n) is 2.53. The largest absolute Gasteiger partial charge is 0.454 e. The lowest BCUT2D eigenvalue weighted by molar-refractivity contribution is -0.311. The number of rotatable bonds is 9. The molecule has 130 valence electrons. The van der Waals surface area contributed by atoms with Crippen LogP contribution in [0.1, 0.15) is 27.7 Å². The van der Waals surface area contributed by atoms with Gasteiger partial charge in [-0.2, -0.15) is 0 Å². The van der Waals surface area contributed by atoms with Crippen molar-refractivity contribution in [3.8, 4) is 0 Å². The summed E-state index contributed by atoms with van der Waals surface area (Å²) in [7, 11) is 1.50. The Balaban J connectivity index is 2.98. The second kappa shape index (κ2) is 10.1. The third-order valence-electron chi connectivity index (χ3n) is 3.33. The standard InChI is InChI=1S/C15H28O7/c1-6-18-9-11-12(19-7-2)13(20-8-3)14(21-10(4)16)15(17-5)22-11/h11-15H,6-9H2,1-5H3/t11-,12+,13+,14-,15+/m1/s1. The molecule has 0 aliphatic carbocycles. The lowest BCUT2D eigenvalue weighted by Crippen LogP contribution is -2.62. The summed E-state index contributed by atoms with van der Waals surface area (Å²) >= 11 is 0. The molecule has 1 heterocycles. The Kier molecular flexibility index (Phi) is 8.89. The zero-order valence-electron chi connectivity index (χ0n) is 14.1. The molecule has 1 saturated heterocycles. The molecule has 0 spiro atoms. The first kappa shape index (κ1) is 19.3. The minimum absolute atomic E-state index is 0.354. The normalized spacial score (nSPS) is 32.0. The lowest BCUT2D eigenvalue weighted by Gasteiger charge is -2.44. The van der Waals surface area contributed by atoms with E-state index in [9.17, 15) is 4.79 Å². The molecule has 0 aromatic rings. The minimum atomic E-state index is -0.720. The first-order chi connectivity index (χ1) is 10.6. The molecule has 0 aromatic carbocycles. The van der Waals surface area contributed by atoms with Crippen LogP contribution in [-0.4, -0.2) is 70.2 Å². The lowest BCUT2D eigenvalue weighted by atomic mass is 9.98. The van der Waals surface area contributed by atoms with E-state index < -0.39 is 30.6 Å². The highest BCUT2D eigenvalue weighted by Crippen LogP contribution is 2.29. The maximum Gasteiger partial charge on any atom is 0.303 e. The van der Waals surface area contributed by atoms with Gasteiger partial charge in [-0.3, -0.25) is 4.79 Å². The van der Waals surface area contributed by atoms with Crippen molar-refractivity contribution >= 4 is 5.97 Å². The molecule has 0 radical (unpaired) electrons. The third-order valence-corrected chi connectivity index (χ3v) is 3.33. The van der Waals surface area contributed by atoms with E-state index in [-0.39, 0.29) is 6.10 Å². The molecule has 1 fully saturated rings. The first-order valence-corrected chi connectivity index (χ1v) is 7.75. The Morgan fingerprint density at radius 3 is 2.14 bits per heavy atom. The van der Waals surface area contributed by atoms with Crippen molar-refractivity contribution in [2.24, 2.45) is 0 Å². The molecular formula is C15H28O7. The number of methoxy groups -OCH3 is 1. The van der Waals surface area contributed by atoms with Crippen LogP contribution in [0.5, 0.6) is 0 Å². The summed E-state index contributed by atoms with van der Waals surface area (Å²) < 4.78 is 33.6. The predicted octanol–water partition coefficient (Wildman–Crippen LogP) is 1.14. The van der Waals surface area contributed by atoms with Crippen molar-refractivity contribution < 1.29 is 33.2 Å². The molecule has 1 aliphatic heterocycles. The monoisotopic (exact) mass is 320 g/mol. The molecular weight excluding hydrogens is 292 g/mol. The Morgan fingerprint density at radius 1 is 1.00 bits per heavy atom. The van der Waals surface area contributed by atoms with Gasteiger partial charge < -0.3 is 28.4 Å². The van der Waals surface area contributed by atoms with Gasteiger partial charge >= 0.3 is 5.97 Å². The van der Waals surface area contributed by atoms with E-state index in [0.29, 0.717) is 26.4 Å². The van der Waals surface area contributed by atoms with Crippen LogP contribution in [-0.2, 0) is 33.2 Å². The van der Waals surface area contributed by atoms with E-state index in [1.807, 2.05) is 20.8 Å². The second-order valence-electron chi connectivity index (χ2n) is 4.85. The van der Waals surface area contributed by atoms with E-state index in [0.717, 1.165) is 0 Å². The Labute approximate surface area is 132 Å². The zero-order valence-corrected chi connectivity index (χ0v) is 14.1. The minimum Gasteiger partial charge on any atom is -0.454 e. The average molecular weight is 320 g/mol. The molecule has 0 bridgehead atoms. The van der Waals surface area contributed by atoms with Crippen LogP contribution < -0.4 is 0 Å². The molecule has 5 atom stereocenters. The van der Waals surface area contributed by atoms with Crippen LogP contribution >= 0.6 is 0 Å². The van der Waals surface area contributed by atoms with Gasteiger partial charge in [0.2, 0.25) is 0 Å². The van der Waals surface area contributed by atoms with Crippen molar-refractivity contribution in [3.63, 3.8) is 0 Å². The van der Waals surface area contributed by atoms with Crippen molar-refractivity contribution in [2.75, 3.05) is 33.5 Å². The summed E-state index contributed by atoms with van der Waals surface area (Å²) in [6.45, 7) is 8.91. The topological polar surface area (TPSA) is 72.5 Å². The molecule has 0 aromatic heterocycles. The van der Waals surface area contributed by atoms with Crippen LogP contribution in [0.3, 0.4) is 0 Å². The fourth-order valence-corrected chi connectivity index (χ4v) is 2.53. The molecule has 0 unspecified atom stereocenters. The Bertz CT molecular complexity index is 323. The van der Waals surface area contributed by atoms with Gasteiger partial charge in [-0.05, 0) is 20.8 Å². The van der Waals surface area contributed by atoms with Crippen LogP contribution in [0.2, 0.25) is 0 Å². The van der Waals surface area contributed by atoms with E-state index in [2.05, 4.69) is 0 Å². The van der Waals surface area contributed by atoms with Crippen molar-refractivity contribution in [2.45, 2.75) is 58.4 Å². The van der Waals surface area contributed by atoms with Crippen LogP contribution in [0.15, 0.2) is 0 Å². The second-order valence-corrected chi connectivity index (χ2v) is 4.85. The Hall–Kier alpha value is -0.730. The quantitative estimate of drug-likeness (QED) is 0.590. The van der Waals surface area contributed by atoms with Gasteiger partial charge in [-0.25, -0.2) is 0 Å². The molecule has 1 aliphatic rings. The highest BCUT2D eigenvalue weighted by Gasteiger charge is 2.49. The number of esters is 1. The molecule has 1 rings (SSSR count). The summed E-state index contributed by atoms with van der Waals surface area (Å²) in [5.74, 6) is -0.418. The first-order valence-electron chi connectivity index (χ1n) is 7.75. The van der Waals surface area contributed by atoms with Gasteiger partial charge in [-0.1, -0.05) is 0 Å². The predicted molar refractivity (Wildman–Crippen MR) is 78.5 cm³/mol. The molecule has 0 N–H and O–H groups in total. The summed E-state index contributed by atoms with van der Waals surface area (Å²) in [5, 5.41) is 0. The molecule has 7 heteroatoms. The summed E-state index contributed by atoms with van der Waals surface area (Å²) in [5.41, 5.74) is 0. The molecule has 0 amide bonds. The number of hydrogen-bond donors (Lipinski definition) is 0. The summed E-state index contributed by atoms with van der Waals surface area (Å²) in [6.07, 6.45) is -2.63. The van der Waals surface area contributed by atoms with Crippen LogP contribution in [0.4, 0.5) is 0 Å². The molecule has 0 saturated carbocycles. The van der Waals surface area contributed by atoms with Gasteiger partial charge in [0.1, 0.15) is 18.3 Å². The molecule has 22 heavy (non-hydrogen) atoms. The smallest absolute Gasteiger partial charge is 0.303 e. The van der Waals surface area contributed by atoms with Gasteiger partial charge in [0.25, 0.3) is 0 Å². The van der Waals surface area contributed by atoms with Gasteiger partial charge in [0.05, 0.1) is 6.61 Å². The van der Waals surface area contributed by atoms with E-state index in [4.69, 9.17) is 28.4 Å². The van der Waals surface area contributed by atoms with Crippen molar-refractivity contribution in [3.05, 3.63) is 0 Å². The van der Waals surface area contributed by atoms with Crippen molar-refractivity contribution in [1.82, 2.24) is 0 Å². The van der Waals surface area contributed by atoms with Crippen LogP contribution in [0, 0.1) is 0 Å². The fraction of sp³-hybridized carbons (Fsp3) is 0.933. The average Bonchev–Trinajstić information content (AvgIpc) is 2.49. The summed E-state index contributed by atoms with van der Waals surface area (Å²) in [4.78, 5) is 11.4. The SMILES string of the molecule is CCOC[C@H]1O[C@H](OC)[C@H](OC(C)=O)[C@@H](OCC)[C@H]1OCC. The van der Waals surface area contributed by atoms with E-state index in [1.165, 1.54) is 14.0 Å². The highest BCUT2D eigenvalue weighted by atomic mass is 16.7. The van der Waals surface area contributed by atoms with Crippen LogP contribution in [0.25, 0.3) is 0 Å². The number of ether oxygens (including phenoxy) is 6. The van der Waals surface area contributed by atoms with Crippen molar-refractivity contribution in [1.29, 1.82) is 0 Å². The zero-order chi connectivity index (χ0) is 16.5. The van der Waals surface area contributed by atoms with Gasteiger partial charge in [0, 0.05) is 33.9 Å². The summed E-state index contributed by atoms with van der Waals surface area (Å²) in [6, 6.07) is 0. The number of hydrogen-bond acceptors (Lipinski definition) is 7. The Morgan fingerprint density at radius 2 is 1.64 bits per heavy atom. The van der Waals surface area contributed by atoms with E-state index in [1.54, 1.807) is 0 Å². The van der Waals surface area contributed by atoms with Gasteiger partial charge in [-0.15, -0.1) is 0 Å². The number of carbonyl (C=O) groups is 1.